The number of ether oxygens (including phenoxy) is 3. The predicted octanol–water partition coefficient (Wildman–Crippen LogP) is 11.3. The van der Waals surface area contributed by atoms with Gasteiger partial charge >= 0.3 is 0 Å². The van der Waals surface area contributed by atoms with Crippen LogP contribution in [0.5, 0.6) is 11.5 Å². The second-order valence-electron chi connectivity index (χ2n) is 13.8. The molecule has 0 spiro atoms. The van der Waals surface area contributed by atoms with Crippen molar-refractivity contribution < 1.29 is 14.2 Å². The highest BCUT2D eigenvalue weighted by Crippen LogP contribution is 2.41. The van der Waals surface area contributed by atoms with Gasteiger partial charge in [0.1, 0.15) is 18.1 Å². The van der Waals surface area contributed by atoms with Crippen molar-refractivity contribution in [2.24, 2.45) is 11.8 Å². The number of fused-ring (bicyclic) bond motifs is 1. The maximum Gasteiger partial charge on any atom is 0.206 e. The van der Waals surface area contributed by atoms with Gasteiger partial charge in [-0.2, -0.15) is 0 Å². The summed E-state index contributed by atoms with van der Waals surface area (Å²) in [6, 6.07) is 34.5. The topological polar surface area (TPSA) is 27.7 Å². The van der Waals surface area contributed by atoms with E-state index in [0.717, 1.165) is 41.9 Å². The van der Waals surface area contributed by atoms with E-state index >= 15 is 0 Å². The number of hydrogen-bond acceptors (Lipinski definition) is 3. The third-order valence-electron chi connectivity index (χ3n) is 9.72. The first-order chi connectivity index (χ1) is 23.0. The van der Waals surface area contributed by atoms with Crippen molar-refractivity contribution in [3.63, 3.8) is 0 Å². The largest absolute Gasteiger partial charge is 0.490 e. The van der Waals surface area contributed by atoms with Crippen LogP contribution >= 0.6 is 0 Å². The van der Waals surface area contributed by atoms with Gasteiger partial charge in [0, 0.05) is 23.0 Å². The minimum absolute atomic E-state index is 0.168. The van der Waals surface area contributed by atoms with E-state index in [4.69, 9.17) is 14.2 Å². The molecule has 4 aromatic carbocycles. The van der Waals surface area contributed by atoms with E-state index in [9.17, 15) is 0 Å². The summed E-state index contributed by atoms with van der Waals surface area (Å²) in [7, 11) is 0. The van der Waals surface area contributed by atoms with Gasteiger partial charge < -0.3 is 14.2 Å². The Bertz CT molecular complexity index is 1630. The Balaban J connectivity index is 1.20. The van der Waals surface area contributed by atoms with Crippen LogP contribution < -0.4 is 9.47 Å². The van der Waals surface area contributed by atoms with E-state index in [1.165, 1.54) is 28.7 Å². The van der Waals surface area contributed by atoms with Gasteiger partial charge in [-0.05, 0) is 77.8 Å². The fourth-order valence-electron chi connectivity index (χ4n) is 7.31. The molecular formula is C44H50O3. The van der Waals surface area contributed by atoms with Crippen molar-refractivity contribution in [1.29, 1.82) is 0 Å². The molecule has 0 heterocycles. The summed E-state index contributed by atoms with van der Waals surface area (Å²) in [5, 5.41) is 0. The quantitative estimate of drug-likeness (QED) is 0.103. The lowest BCUT2D eigenvalue weighted by atomic mass is 9.82. The van der Waals surface area contributed by atoms with E-state index in [2.05, 4.69) is 149 Å². The third kappa shape index (κ3) is 8.08. The molecule has 0 saturated carbocycles. The van der Waals surface area contributed by atoms with Crippen LogP contribution in [0.2, 0.25) is 0 Å². The molecule has 4 unspecified atom stereocenters. The lowest BCUT2D eigenvalue weighted by molar-refractivity contribution is -0.102. The Morgan fingerprint density at radius 1 is 0.745 bits per heavy atom. The zero-order chi connectivity index (χ0) is 32.6. The molecule has 6 rings (SSSR count). The molecule has 47 heavy (non-hydrogen) atoms. The van der Waals surface area contributed by atoms with Gasteiger partial charge in [-0.15, -0.1) is 0 Å². The molecule has 0 amide bonds. The maximum atomic E-state index is 6.70. The monoisotopic (exact) mass is 626 g/mol. The van der Waals surface area contributed by atoms with Gasteiger partial charge in [-0.3, -0.25) is 0 Å². The second-order valence-corrected chi connectivity index (χ2v) is 13.8. The average molecular weight is 627 g/mol. The predicted molar refractivity (Wildman–Crippen MR) is 194 cm³/mol. The highest BCUT2D eigenvalue weighted by atomic mass is 16.7. The fraction of sp³-hybridized carbons (Fsp3) is 0.364. The molecule has 2 aliphatic carbocycles. The standard InChI is InChI=1S/C44H50O3/c1-31(2)30-42(32(3)4)36-22-25-37(26-23-36)47-44(41-27-24-35-18-11-12-19-38(35)41)46-29-28-45-43-39(33-14-7-5-8-15-33)20-13-21-40(43)34-16-9-6-10-17-34/h5-16,18-23,25-26,31-32,34,41-42,44H,17,24,27-30H2,1-4H3. The van der Waals surface area contributed by atoms with Crippen LogP contribution in [-0.4, -0.2) is 19.5 Å². The molecule has 3 heteroatoms. The first-order valence-electron chi connectivity index (χ1n) is 17.6. The Hall–Kier alpha value is -4.08. The van der Waals surface area contributed by atoms with Crippen LogP contribution in [0.4, 0.5) is 0 Å². The summed E-state index contributed by atoms with van der Waals surface area (Å²) < 4.78 is 20.0. The minimum Gasteiger partial charge on any atom is -0.490 e. The van der Waals surface area contributed by atoms with Crippen LogP contribution in [0.3, 0.4) is 0 Å². The maximum absolute atomic E-state index is 6.70. The van der Waals surface area contributed by atoms with Gasteiger partial charge in [0.25, 0.3) is 0 Å². The molecule has 4 aromatic rings. The van der Waals surface area contributed by atoms with E-state index < -0.39 is 6.29 Å². The normalized spacial score (nSPS) is 18.3. The Kier molecular flexibility index (Phi) is 11.0. The first kappa shape index (κ1) is 32.8. The van der Waals surface area contributed by atoms with Gasteiger partial charge in [0.05, 0.1) is 6.61 Å². The smallest absolute Gasteiger partial charge is 0.206 e. The molecule has 0 saturated heterocycles. The van der Waals surface area contributed by atoms with Crippen molar-refractivity contribution in [2.75, 3.05) is 13.2 Å². The minimum atomic E-state index is -0.403. The van der Waals surface area contributed by atoms with Crippen molar-refractivity contribution in [3.05, 3.63) is 144 Å². The zero-order valence-corrected chi connectivity index (χ0v) is 28.5. The molecular weight excluding hydrogens is 576 g/mol. The fourth-order valence-corrected chi connectivity index (χ4v) is 7.31. The number of para-hydroxylation sites is 1. The Morgan fingerprint density at radius 2 is 1.51 bits per heavy atom. The van der Waals surface area contributed by atoms with E-state index in [1.807, 2.05) is 0 Å². The van der Waals surface area contributed by atoms with Crippen LogP contribution in [0.25, 0.3) is 11.1 Å². The molecule has 4 atom stereocenters. The SMILES string of the molecule is CC(C)CC(c1ccc(OC(OCCOc2c(-c3ccccc3)cccc2C2C=CC=CC2)C2CCc3ccccc32)cc1)C(C)C. The molecule has 0 aromatic heterocycles. The zero-order valence-electron chi connectivity index (χ0n) is 28.5. The highest BCUT2D eigenvalue weighted by Gasteiger charge is 2.32. The van der Waals surface area contributed by atoms with Crippen LogP contribution in [0.15, 0.2) is 121 Å². The molecule has 0 bridgehead atoms. The third-order valence-corrected chi connectivity index (χ3v) is 9.72. The van der Waals surface area contributed by atoms with Crippen LogP contribution in [0, 0.1) is 11.8 Å². The number of rotatable bonds is 14. The molecule has 0 aliphatic heterocycles. The van der Waals surface area contributed by atoms with Crippen LogP contribution in [-0.2, 0) is 11.2 Å². The van der Waals surface area contributed by atoms with Gasteiger partial charge in [-0.25, -0.2) is 0 Å². The molecule has 244 valence electrons. The number of benzene rings is 4. The van der Waals surface area contributed by atoms with E-state index in [0.29, 0.717) is 31.0 Å². The summed E-state index contributed by atoms with van der Waals surface area (Å²) in [5.41, 5.74) is 7.59. The van der Waals surface area contributed by atoms with Crippen molar-refractivity contribution >= 4 is 0 Å². The molecule has 2 aliphatic rings. The number of allylic oxidation sites excluding steroid dienone is 4. The van der Waals surface area contributed by atoms with E-state index in [1.54, 1.807) is 0 Å². The van der Waals surface area contributed by atoms with Gasteiger partial charge in [0.15, 0.2) is 0 Å². The van der Waals surface area contributed by atoms with E-state index in [-0.39, 0.29) is 11.8 Å². The second kappa shape index (κ2) is 15.7. The Labute approximate surface area is 282 Å². The number of hydrogen-bond donors (Lipinski definition) is 0. The lowest BCUT2D eigenvalue weighted by Crippen LogP contribution is -2.29. The summed E-state index contributed by atoms with van der Waals surface area (Å²) in [6.07, 6.45) is 12.6. The van der Waals surface area contributed by atoms with Crippen LogP contribution in [0.1, 0.15) is 87.0 Å². The molecule has 3 nitrogen and oxygen atoms in total. The van der Waals surface area contributed by atoms with Crippen molar-refractivity contribution in [1.82, 2.24) is 0 Å². The summed E-state index contributed by atoms with van der Waals surface area (Å²) in [4.78, 5) is 0. The Morgan fingerprint density at radius 3 is 2.26 bits per heavy atom. The van der Waals surface area contributed by atoms with Crippen molar-refractivity contribution in [3.8, 4) is 22.6 Å². The van der Waals surface area contributed by atoms with Crippen molar-refractivity contribution in [2.45, 2.75) is 77.4 Å². The van der Waals surface area contributed by atoms with Gasteiger partial charge in [-0.1, -0.05) is 137 Å². The first-order valence-corrected chi connectivity index (χ1v) is 17.6. The summed E-state index contributed by atoms with van der Waals surface area (Å²) >= 11 is 0. The lowest BCUT2D eigenvalue weighted by Gasteiger charge is -2.27. The molecule has 0 radical (unpaired) electrons. The average Bonchev–Trinajstić information content (AvgIpc) is 3.53. The molecule has 0 N–H and O–H groups in total. The molecule has 0 fully saturated rings. The summed E-state index contributed by atoms with van der Waals surface area (Å²) in [5.74, 6) is 4.03. The summed E-state index contributed by atoms with van der Waals surface area (Å²) in [6.45, 7) is 10.1. The van der Waals surface area contributed by atoms with Gasteiger partial charge in [0.2, 0.25) is 6.29 Å². The number of aryl methyl sites for hydroxylation is 1. The highest BCUT2D eigenvalue weighted by molar-refractivity contribution is 5.73.